The van der Waals surface area contributed by atoms with Crippen LogP contribution in [0.3, 0.4) is 0 Å². The fourth-order valence-corrected chi connectivity index (χ4v) is 3.14. The molecule has 0 aromatic heterocycles. The van der Waals surface area contributed by atoms with Gasteiger partial charge < -0.3 is 4.74 Å². The largest absolute Gasteiger partial charge is 0.701 e. The zero-order valence-corrected chi connectivity index (χ0v) is 16.0. The summed E-state index contributed by atoms with van der Waals surface area (Å²) in [6.07, 6.45) is -3.17. The molecule has 2 aromatic rings. The molecule has 0 fully saturated rings. The van der Waals surface area contributed by atoms with Crippen LogP contribution in [-0.4, -0.2) is 11.5 Å². The van der Waals surface area contributed by atoms with E-state index >= 15 is 0 Å². The second kappa shape index (κ2) is 9.12. The maximum Gasteiger partial charge on any atom is 0.701 e. The van der Waals surface area contributed by atoms with Crippen LogP contribution in [0, 0.1) is 0 Å². The summed E-state index contributed by atoms with van der Waals surface area (Å²) in [4.78, 5) is 8.51. The lowest BCUT2D eigenvalue weighted by molar-refractivity contribution is -0.186. The fourth-order valence-electron chi connectivity index (χ4n) is 2.06. The monoisotopic (exact) mass is 453 g/mol. The maximum atomic E-state index is 13.7. The van der Waals surface area contributed by atoms with Crippen LogP contribution in [-0.2, 0) is 33.0 Å². The van der Waals surface area contributed by atoms with E-state index < -0.39 is 19.9 Å². The van der Waals surface area contributed by atoms with Gasteiger partial charge in [0, 0.05) is 14.1 Å². The minimum absolute atomic E-state index is 0.0631. The van der Waals surface area contributed by atoms with Gasteiger partial charge in [-0.3, -0.25) is 0 Å². The summed E-state index contributed by atoms with van der Waals surface area (Å²) in [6, 6.07) is 11.4. The topological polar surface area (TPSA) is 55.8 Å². The molecule has 1 unspecified atom stereocenters. The van der Waals surface area contributed by atoms with Crippen molar-refractivity contribution in [2.45, 2.75) is 19.1 Å². The van der Waals surface area contributed by atoms with Gasteiger partial charge in [0.1, 0.15) is 0 Å². The van der Waals surface area contributed by atoms with Crippen molar-refractivity contribution in [2.75, 3.05) is 6.61 Å². The second-order valence-corrected chi connectivity index (χ2v) is 7.04. The van der Waals surface area contributed by atoms with E-state index in [2.05, 4.69) is 20.5 Å². The summed E-state index contributed by atoms with van der Waals surface area (Å²) < 4.78 is 47.2. The van der Waals surface area contributed by atoms with Gasteiger partial charge in [0.15, 0.2) is 0 Å². The molecule has 0 spiro atoms. The van der Waals surface area contributed by atoms with E-state index in [4.69, 9.17) is 21.2 Å². The molecule has 0 heterocycles. The molecule has 0 radical (unpaired) electrons. The van der Waals surface area contributed by atoms with E-state index in [1.54, 1.807) is 12.1 Å². The molecular formula is C16H14BrClF2O4P+. The Morgan fingerprint density at radius 3 is 2.40 bits per heavy atom. The number of hydrogen-bond acceptors (Lipinski definition) is 3. The van der Waals surface area contributed by atoms with Crippen LogP contribution >= 0.6 is 35.8 Å². The highest BCUT2D eigenvalue weighted by atomic mass is 79.9. The maximum absolute atomic E-state index is 13.7. The average molecular weight is 455 g/mol. The Labute approximate surface area is 157 Å². The molecule has 0 saturated heterocycles. The molecule has 0 aliphatic heterocycles. The lowest BCUT2D eigenvalue weighted by Crippen LogP contribution is -2.15. The predicted octanol–water partition coefficient (Wildman–Crippen LogP) is 5.58. The van der Waals surface area contributed by atoms with Crippen LogP contribution in [0.4, 0.5) is 8.78 Å². The highest BCUT2D eigenvalue weighted by molar-refractivity contribution is 9.10. The van der Waals surface area contributed by atoms with Gasteiger partial charge in [-0.05, 0) is 46.3 Å². The number of benzene rings is 2. The Hall–Kier alpha value is -0.950. The zero-order valence-electron chi connectivity index (χ0n) is 12.8. The number of rotatable bonds is 8. The second-order valence-electron chi connectivity index (χ2n) is 5.09. The molecule has 1 atom stereocenters. The van der Waals surface area contributed by atoms with Crippen molar-refractivity contribution in [2.24, 2.45) is 0 Å². The SMILES string of the molecule is O=[P+](O)OC(F)(F)c1ccc(COCCc2ccc(Cl)cc2)cc1Br. The highest BCUT2D eigenvalue weighted by Crippen LogP contribution is 2.40. The Balaban J connectivity index is 1.90. The van der Waals surface area contributed by atoms with Crippen LogP contribution in [0.2, 0.25) is 5.02 Å². The van der Waals surface area contributed by atoms with Gasteiger partial charge in [0.05, 0.1) is 18.8 Å². The summed E-state index contributed by atoms with van der Waals surface area (Å²) in [5, 5.41) is 0.668. The predicted molar refractivity (Wildman–Crippen MR) is 93.8 cm³/mol. The Kier molecular flexibility index (Phi) is 7.43. The van der Waals surface area contributed by atoms with Crippen molar-refractivity contribution in [1.82, 2.24) is 0 Å². The standard InChI is InChI=1S/C16H13BrClF2O4P/c17-15-9-12(3-6-14(15)16(19,20)24-25(21)22)10-23-8-7-11-1-4-13(18)5-2-11/h1-6,9H,7-8,10H2/p+1. The average Bonchev–Trinajstić information content (AvgIpc) is 2.52. The third-order valence-electron chi connectivity index (χ3n) is 3.26. The van der Waals surface area contributed by atoms with Crippen LogP contribution in [0.1, 0.15) is 16.7 Å². The summed E-state index contributed by atoms with van der Waals surface area (Å²) in [5.74, 6) is 0. The van der Waals surface area contributed by atoms with E-state index in [0.717, 1.165) is 11.6 Å². The normalized spacial score (nSPS) is 12.3. The van der Waals surface area contributed by atoms with Crippen molar-refractivity contribution >= 4 is 35.8 Å². The third kappa shape index (κ3) is 6.37. The van der Waals surface area contributed by atoms with Crippen LogP contribution < -0.4 is 0 Å². The smallest absolute Gasteiger partial charge is 0.376 e. The van der Waals surface area contributed by atoms with Crippen molar-refractivity contribution in [1.29, 1.82) is 0 Å². The fraction of sp³-hybridized carbons (Fsp3) is 0.250. The van der Waals surface area contributed by atoms with Crippen LogP contribution in [0.15, 0.2) is 46.9 Å². The molecule has 0 bridgehead atoms. The number of alkyl halides is 2. The lowest BCUT2D eigenvalue weighted by atomic mass is 10.1. The van der Waals surface area contributed by atoms with E-state index in [1.807, 2.05) is 12.1 Å². The molecule has 0 amide bonds. The molecule has 4 nitrogen and oxygen atoms in total. The molecule has 0 saturated carbocycles. The minimum atomic E-state index is -3.87. The molecule has 25 heavy (non-hydrogen) atoms. The Morgan fingerprint density at radius 1 is 1.16 bits per heavy atom. The van der Waals surface area contributed by atoms with Crippen molar-refractivity contribution in [3.8, 4) is 0 Å². The van der Waals surface area contributed by atoms with Gasteiger partial charge in [-0.2, -0.15) is 8.78 Å². The molecule has 134 valence electrons. The highest BCUT2D eigenvalue weighted by Gasteiger charge is 2.44. The number of halogens is 4. The van der Waals surface area contributed by atoms with E-state index in [0.29, 0.717) is 23.6 Å². The van der Waals surface area contributed by atoms with Gasteiger partial charge in [0.2, 0.25) is 0 Å². The van der Waals surface area contributed by atoms with Gasteiger partial charge in [-0.25, -0.2) is 0 Å². The molecule has 0 aliphatic rings. The van der Waals surface area contributed by atoms with Crippen molar-refractivity contribution in [3.63, 3.8) is 0 Å². The zero-order chi connectivity index (χ0) is 18.4. The summed E-state index contributed by atoms with van der Waals surface area (Å²) in [7, 11) is -3.42. The van der Waals surface area contributed by atoms with E-state index in [1.165, 1.54) is 12.1 Å². The first-order valence-electron chi connectivity index (χ1n) is 7.12. The molecule has 0 aliphatic carbocycles. The van der Waals surface area contributed by atoms with Gasteiger partial charge in [0.25, 0.3) is 0 Å². The first-order valence-corrected chi connectivity index (χ1v) is 9.42. The minimum Gasteiger partial charge on any atom is -0.376 e. The first-order chi connectivity index (χ1) is 11.8. The number of ether oxygens (including phenoxy) is 1. The summed E-state index contributed by atoms with van der Waals surface area (Å²) in [5.41, 5.74) is 1.22. The summed E-state index contributed by atoms with van der Waals surface area (Å²) in [6.45, 7) is 0.707. The lowest BCUT2D eigenvalue weighted by Gasteiger charge is -2.12. The third-order valence-corrected chi connectivity index (χ3v) is 4.55. The molecule has 2 aromatic carbocycles. The molecular weight excluding hydrogens is 440 g/mol. The van der Waals surface area contributed by atoms with Crippen molar-refractivity contribution < 1.29 is 27.5 Å². The van der Waals surface area contributed by atoms with E-state index in [-0.39, 0.29) is 11.1 Å². The Morgan fingerprint density at radius 2 is 1.80 bits per heavy atom. The van der Waals surface area contributed by atoms with Crippen LogP contribution in [0.5, 0.6) is 0 Å². The molecule has 1 N–H and O–H groups in total. The molecule has 2 rings (SSSR count). The first kappa shape index (κ1) is 20.4. The van der Waals surface area contributed by atoms with Gasteiger partial charge >= 0.3 is 14.4 Å². The van der Waals surface area contributed by atoms with E-state index in [9.17, 15) is 13.3 Å². The molecule has 9 heteroatoms. The van der Waals surface area contributed by atoms with Gasteiger partial charge in [-0.15, -0.1) is 4.89 Å². The van der Waals surface area contributed by atoms with Crippen molar-refractivity contribution in [3.05, 3.63) is 68.7 Å². The quantitative estimate of drug-likeness (QED) is 0.418. The van der Waals surface area contributed by atoms with Gasteiger partial charge in [-0.1, -0.05) is 45.7 Å². The summed E-state index contributed by atoms with van der Waals surface area (Å²) >= 11 is 8.83. The Bertz CT molecular complexity index is 743. The van der Waals surface area contributed by atoms with Crippen LogP contribution in [0.25, 0.3) is 0 Å². The number of hydrogen-bond donors (Lipinski definition) is 1.